The number of likely N-dealkylation sites (N-methyl/N-ethyl adjacent to an activating group) is 1. The molecule has 1 aromatic carbocycles. The smallest absolute Gasteiger partial charge is 0.0705 e. The Morgan fingerprint density at radius 1 is 1.20 bits per heavy atom. The van der Waals surface area contributed by atoms with Crippen LogP contribution in [0, 0.1) is 0 Å². The normalized spacial score (nSPS) is 20.0. The van der Waals surface area contributed by atoms with E-state index in [1.807, 2.05) is 18.2 Å². The molecule has 1 aromatic heterocycles. The maximum Gasteiger partial charge on any atom is 0.0705 e. The lowest BCUT2D eigenvalue weighted by Gasteiger charge is -2.29. The summed E-state index contributed by atoms with van der Waals surface area (Å²) < 4.78 is 0. The van der Waals surface area contributed by atoms with Crippen molar-refractivity contribution >= 4 is 11.6 Å². The summed E-state index contributed by atoms with van der Waals surface area (Å²) in [4.78, 5) is 7.25. The molecule has 0 aliphatic carbocycles. The van der Waals surface area contributed by atoms with Crippen LogP contribution in [0.25, 0.3) is 11.3 Å². The zero-order valence-electron chi connectivity index (χ0n) is 11.7. The molecule has 0 spiro atoms. The number of pyridine rings is 1. The van der Waals surface area contributed by atoms with Crippen molar-refractivity contribution in [2.24, 2.45) is 0 Å². The van der Waals surface area contributed by atoms with E-state index in [4.69, 9.17) is 16.6 Å². The summed E-state index contributed by atoms with van der Waals surface area (Å²) in [5.41, 5.74) is 3.30. The molecule has 2 aromatic rings. The number of hydrogen-bond acceptors (Lipinski definition) is 2. The van der Waals surface area contributed by atoms with Crippen LogP contribution < -0.4 is 0 Å². The summed E-state index contributed by atoms with van der Waals surface area (Å²) in [6, 6.07) is 14.2. The third-order valence-corrected chi connectivity index (χ3v) is 4.17. The zero-order valence-corrected chi connectivity index (χ0v) is 12.5. The first-order chi connectivity index (χ1) is 9.72. The number of rotatable bonds is 2. The Morgan fingerprint density at radius 3 is 2.85 bits per heavy atom. The highest BCUT2D eigenvalue weighted by atomic mass is 35.5. The molecular formula is C17H19ClN2. The average Bonchev–Trinajstić information content (AvgIpc) is 2.47. The number of aromatic nitrogens is 1. The van der Waals surface area contributed by atoms with Crippen LogP contribution >= 0.6 is 11.6 Å². The van der Waals surface area contributed by atoms with Gasteiger partial charge in [-0.3, -0.25) is 4.98 Å². The lowest BCUT2D eigenvalue weighted by Crippen LogP contribution is -2.31. The van der Waals surface area contributed by atoms with Crippen LogP contribution in [0.2, 0.25) is 5.02 Å². The first-order valence-corrected chi connectivity index (χ1v) is 7.51. The number of likely N-dealkylation sites (tertiary alicyclic amines) is 1. The summed E-state index contributed by atoms with van der Waals surface area (Å²) >= 11 is 6.07. The molecule has 1 aliphatic heterocycles. The van der Waals surface area contributed by atoms with Gasteiger partial charge in [0.25, 0.3) is 0 Å². The number of hydrogen-bond donors (Lipinski definition) is 0. The van der Waals surface area contributed by atoms with Gasteiger partial charge in [0.1, 0.15) is 0 Å². The molecule has 3 heteroatoms. The molecule has 3 rings (SSSR count). The van der Waals surface area contributed by atoms with E-state index in [2.05, 4.69) is 36.2 Å². The van der Waals surface area contributed by atoms with Crippen molar-refractivity contribution in [1.82, 2.24) is 9.88 Å². The van der Waals surface area contributed by atoms with Gasteiger partial charge >= 0.3 is 0 Å². The number of nitrogens with zero attached hydrogens (tertiary/aromatic N) is 2. The molecule has 1 aliphatic rings. The van der Waals surface area contributed by atoms with Gasteiger partial charge in [-0.15, -0.1) is 0 Å². The minimum absolute atomic E-state index is 0.549. The van der Waals surface area contributed by atoms with Crippen molar-refractivity contribution in [2.45, 2.75) is 18.8 Å². The third kappa shape index (κ3) is 3.02. The average molecular weight is 287 g/mol. The third-order valence-electron chi connectivity index (χ3n) is 3.93. The second kappa shape index (κ2) is 5.94. The second-order valence-electron chi connectivity index (χ2n) is 5.56. The Balaban J connectivity index is 1.89. The van der Waals surface area contributed by atoms with Crippen LogP contribution in [0.1, 0.15) is 24.5 Å². The lowest BCUT2D eigenvalue weighted by atomic mass is 9.94. The minimum Gasteiger partial charge on any atom is -0.306 e. The van der Waals surface area contributed by atoms with E-state index in [9.17, 15) is 0 Å². The van der Waals surface area contributed by atoms with Crippen molar-refractivity contribution in [3.63, 3.8) is 0 Å². The fraction of sp³-hybridized carbons (Fsp3) is 0.353. The van der Waals surface area contributed by atoms with Crippen molar-refractivity contribution in [2.75, 3.05) is 20.1 Å². The van der Waals surface area contributed by atoms with Crippen molar-refractivity contribution in [3.8, 4) is 11.3 Å². The predicted octanol–water partition coefficient (Wildman–Crippen LogP) is 4.21. The van der Waals surface area contributed by atoms with Crippen molar-refractivity contribution in [1.29, 1.82) is 0 Å². The monoisotopic (exact) mass is 286 g/mol. The summed E-state index contributed by atoms with van der Waals surface area (Å²) in [5, 5.41) is 0.757. The van der Waals surface area contributed by atoms with Gasteiger partial charge < -0.3 is 4.90 Å². The molecule has 0 bridgehead atoms. The first-order valence-electron chi connectivity index (χ1n) is 7.14. The lowest BCUT2D eigenvalue weighted by molar-refractivity contribution is 0.248. The van der Waals surface area contributed by atoms with Crippen LogP contribution in [0.3, 0.4) is 0 Å². The van der Waals surface area contributed by atoms with Gasteiger partial charge in [0.15, 0.2) is 0 Å². The Hall–Kier alpha value is -1.38. The molecule has 0 unspecified atom stereocenters. The Labute approximate surface area is 125 Å². The Kier molecular flexibility index (Phi) is 4.04. The van der Waals surface area contributed by atoms with Crippen LogP contribution in [-0.4, -0.2) is 30.0 Å². The topological polar surface area (TPSA) is 16.1 Å². The first kappa shape index (κ1) is 13.6. The van der Waals surface area contributed by atoms with Crippen LogP contribution in [0.4, 0.5) is 0 Å². The quantitative estimate of drug-likeness (QED) is 0.822. The largest absolute Gasteiger partial charge is 0.306 e. The molecule has 1 saturated heterocycles. The van der Waals surface area contributed by atoms with E-state index in [0.29, 0.717) is 5.92 Å². The van der Waals surface area contributed by atoms with Gasteiger partial charge in [-0.25, -0.2) is 0 Å². The highest BCUT2D eigenvalue weighted by molar-refractivity contribution is 6.30. The number of benzene rings is 1. The molecule has 0 radical (unpaired) electrons. The van der Waals surface area contributed by atoms with Crippen molar-refractivity contribution in [3.05, 3.63) is 53.2 Å². The molecular weight excluding hydrogens is 268 g/mol. The van der Waals surface area contributed by atoms with Gasteiger partial charge in [-0.1, -0.05) is 29.8 Å². The Morgan fingerprint density at radius 2 is 2.05 bits per heavy atom. The molecule has 0 amide bonds. The van der Waals surface area contributed by atoms with E-state index in [-0.39, 0.29) is 0 Å². The number of piperidine rings is 1. The minimum atomic E-state index is 0.549. The van der Waals surface area contributed by atoms with Crippen LogP contribution in [0.5, 0.6) is 0 Å². The fourth-order valence-corrected chi connectivity index (χ4v) is 3.09. The Bertz CT molecular complexity index is 597. The van der Waals surface area contributed by atoms with E-state index < -0.39 is 0 Å². The molecule has 20 heavy (non-hydrogen) atoms. The maximum absolute atomic E-state index is 6.07. The van der Waals surface area contributed by atoms with Gasteiger partial charge in [-0.2, -0.15) is 0 Å². The predicted molar refractivity (Wildman–Crippen MR) is 84.2 cm³/mol. The van der Waals surface area contributed by atoms with Crippen LogP contribution in [0.15, 0.2) is 42.5 Å². The molecule has 104 valence electrons. The van der Waals surface area contributed by atoms with Gasteiger partial charge in [0.05, 0.1) is 5.69 Å². The van der Waals surface area contributed by atoms with E-state index >= 15 is 0 Å². The molecule has 1 atom stereocenters. The molecule has 0 N–H and O–H groups in total. The SMILES string of the molecule is CN1CCC[C@@H](c2cccc(-c3cccc(Cl)c3)n2)C1. The maximum atomic E-state index is 6.07. The van der Waals surface area contributed by atoms with E-state index in [1.54, 1.807) is 0 Å². The second-order valence-corrected chi connectivity index (χ2v) is 6.00. The van der Waals surface area contributed by atoms with E-state index in [1.165, 1.54) is 25.1 Å². The molecule has 2 heterocycles. The highest BCUT2D eigenvalue weighted by Gasteiger charge is 2.20. The van der Waals surface area contributed by atoms with Gasteiger partial charge in [0, 0.05) is 28.7 Å². The molecule has 0 saturated carbocycles. The van der Waals surface area contributed by atoms with Crippen LogP contribution in [-0.2, 0) is 0 Å². The van der Waals surface area contributed by atoms with E-state index in [0.717, 1.165) is 22.8 Å². The van der Waals surface area contributed by atoms with Gasteiger partial charge in [0.2, 0.25) is 0 Å². The standard InChI is InChI=1S/C17H19ClN2/c1-20-10-4-6-14(12-20)17-9-3-8-16(19-17)13-5-2-7-15(18)11-13/h2-3,5,7-9,11,14H,4,6,10,12H2,1H3/t14-/m1/s1. The van der Waals surface area contributed by atoms with Gasteiger partial charge in [-0.05, 0) is 50.7 Å². The highest BCUT2D eigenvalue weighted by Crippen LogP contribution is 2.27. The fourth-order valence-electron chi connectivity index (χ4n) is 2.90. The summed E-state index contributed by atoms with van der Waals surface area (Å²) in [7, 11) is 2.19. The zero-order chi connectivity index (χ0) is 13.9. The summed E-state index contributed by atoms with van der Waals surface area (Å²) in [5.74, 6) is 0.549. The molecule has 2 nitrogen and oxygen atoms in total. The van der Waals surface area contributed by atoms with Crippen molar-refractivity contribution < 1.29 is 0 Å². The summed E-state index contributed by atoms with van der Waals surface area (Å²) in [6.07, 6.45) is 2.49. The molecule has 1 fully saturated rings. The summed E-state index contributed by atoms with van der Waals surface area (Å²) in [6.45, 7) is 2.30. The number of halogens is 1.